The maximum atomic E-state index is 5.92. The van der Waals surface area contributed by atoms with E-state index in [0.717, 1.165) is 21.3 Å². The van der Waals surface area contributed by atoms with E-state index in [1.807, 2.05) is 32.3 Å². The molecule has 1 aromatic carbocycles. The number of halogens is 1. The first-order valence-corrected chi connectivity index (χ1v) is 6.01. The summed E-state index contributed by atoms with van der Waals surface area (Å²) in [5.74, 6) is 0.733. The normalized spacial score (nSPS) is 10.5. The average Bonchev–Trinajstić information content (AvgIpc) is 2.62. The Bertz CT molecular complexity index is 513. The monoisotopic (exact) mass is 295 g/mol. The number of hydrogen-bond donors (Lipinski definition) is 1. The van der Waals surface area contributed by atoms with Gasteiger partial charge in [0.05, 0.1) is 11.9 Å². The first-order chi connectivity index (χ1) is 8.06. The molecule has 0 amide bonds. The summed E-state index contributed by atoms with van der Waals surface area (Å²) in [4.78, 5) is 0. The van der Waals surface area contributed by atoms with E-state index in [9.17, 15) is 0 Å². The van der Waals surface area contributed by atoms with E-state index in [0.29, 0.717) is 12.3 Å². The van der Waals surface area contributed by atoms with Crippen molar-refractivity contribution in [2.45, 2.75) is 13.5 Å². The molecule has 2 aromatic rings. The van der Waals surface area contributed by atoms with Crippen molar-refractivity contribution in [1.29, 1.82) is 0 Å². The van der Waals surface area contributed by atoms with E-state index in [1.165, 1.54) is 0 Å². The smallest absolute Gasteiger partial charge is 0.145 e. The van der Waals surface area contributed by atoms with Crippen LogP contribution in [0.4, 0.5) is 5.69 Å². The molecule has 5 heteroatoms. The van der Waals surface area contributed by atoms with Crippen molar-refractivity contribution < 1.29 is 4.74 Å². The second-order valence-electron chi connectivity index (χ2n) is 3.95. The third-order valence-electron chi connectivity index (χ3n) is 2.41. The Morgan fingerprint density at radius 2 is 2.24 bits per heavy atom. The van der Waals surface area contributed by atoms with Gasteiger partial charge in [0.25, 0.3) is 0 Å². The van der Waals surface area contributed by atoms with Crippen molar-refractivity contribution in [3.05, 3.63) is 40.1 Å². The van der Waals surface area contributed by atoms with Crippen molar-refractivity contribution >= 4 is 21.6 Å². The van der Waals surface area contributed by atoms with Crippen molar-refractivity contribution in [2.75, 3.05) is 5.73 Å². The van der Waals surface area contributed by atoms with E-state index >= 15 is 0 Å². The third kappa shape index (κ3) is 2.79. The summed E-state index contributed by atoms with van der Waals surface area (Å²) in [7, 11) is 1.88. The molecule has 4 nitrogen and oxygen atoms in total. The number of hydrogen-bond acceptors (Lipinski definition) is 3. The molecule has 90 valence electrons. The largest absolute Gasteiger partial charge is 0.486 e. The SMILES string of the molecule is Cc1cc(Br)cc(N)c1OCc1cnn(C)c1. The highest BCUT2D eigenvalue weighted by atomic mass is 79.9. The van der Waals surface area contributed by atoms with Crippen molar-refractivity contribution in [2.24, 2.45) is 7.05 Å². The maximum Gasteiger partial charge on any atom is 0.145 e. The minimum absolute atomic E-state index is 0.473. The Hall–Kier alpha value is -1.49. The zero-order valence-corrected chi connectivity index (χ0v) is 11.4. The van der Waals surface area contributed by atoms with Crippen LogP contribution in [-0.2, 0) is 13.7 Å². The second kappa shape index (κ2) is 4.79. The number of rotatable bonds is 3. The van der Waals surface area contributed by atoms with Gasteiger partial charge in [-0.2, -0.15) is 5.10 Å². The summed E-state index contributed by atoms with van der Waals surface area (Å²) < 4.78 is 8.43. The Morgan fingerprint density at radius 3 is 2.82 bits per heavy atom. The van der Waals surface area contributed by atoms with Crippen LogP contribution in [0.2, 0.25) is 0 Å². The summed E-state index contributed by atoms with van der Waals surface area (Å²) in [6.07, 6.45) is 3.70. The molecule has 0 aliphatic rings. The molecule has 0 saturated carbocycles. The maximum absolute atomic E-state index is 5.92. The molecule has 1 heterocycles. The molecule has 0 saturated heterocycles. The molecule has 2 rings (SSSR count). The molecule has 0 aliphatic carbocycles. The number of benzene rings is 1. The standard InChI is InChI=1S/C12H14BrN3O/c1-8-3-10(13)4-11(14)12(8)17-7-9-5-15-16(2)6-9/h3-6H,7,14H2,1-2H3. The third-order valence-corrected chi connectivity index (χ3v) is 2.87. The quantitative estimate of drug-likeness (QED) is 0.886. The minimum atomic E-state index is 0.473. The van der Waals surface area contributed by atoms with Crippen LogP contribution in [0.3, 0.4) is 0 Å². The summed E-state index contributed by atoms with van der Waals surface area (Å²) in [6.45, 7) is 2.44. The van der Waals surface area contributed by atoms with Gasteiger partial charge in [-0.05, 0) is 24.6 Å². The Labute approximate surface area is 109 Å². The molecule has 0 bridgehead atoms. The summed E-state index contributed by atoms with van der Waals surface area (Å²) in [5, 5.41) is 4.09. The number of aryl methyl sites for hydroxylation is 2. The first kappa shape index (κ1) is 12.0. The Kier molecular flexibility index (Phi) is 3.38. The zero-order valence-electron chi connectivity index (χ0n) is 9.77. The number of ether oxygens (including phenoxy) is 1. The number of nitrogens with two attached hydrogens (primary N) is 1. The molecule has 0 fully saturated rings. The van der Waals surface area contributed by atoms with Crippen LogP contribution in [0.5, 0.6) is 5.75 Å². The van der Waals surface area contributed by atoms with Gasteiger partial charge in [0.15, 0.2) is 0 Å². The highest BCUT2D eigenvalue weighted by Crippen LogP contribution is 2.30. The number of nitrogens with zero attached hydrogens (tertiary/aromatic N) is 2. The number of anilines is 1. The van der Waals surface area contributed by atoms with Gasteiger partial charge < -0.3 is 10.5 Å². The number of aromatic nitrogens is 2. The van der Waals surface area contributed by atoms with Crippen LogP contribution in [0, 0.1) is 6.92 Å². The zero-order chi connectivity index (χ0) is 12.4. The predicted molar refractivity (Wildman–Crippen MR) is 70.8 cm³/mol. The van der Waals surface area contributed by atoms with Gasteiger partial charge in [0, 0.05) is 23.3 Å². The topological polar surface area (TPSA) is 53.1 Å². The number of nitrogen functional groups attached to an aromatic ring is 1. The fraction of sp³-hybridized carbons (Fsp3) is 0.250. The van der Waals surface area contributed by atoms with Gasteiger partial charge in [0.1, 0.15) is 12.4 Å². The van der Waals surface area contributed by atoms with Crippen LogP contribution in [0.15, 0.2) is 29.0 Å². The lowest BCUT2D eigenvalue weighted by molar-refractivity contribution is 0.305. The van der Waals surface area contributed by atoms with Crippen LogP contribution in [0.1, 0.15) is 11.1 Å². The van der Waals surface area contributed by atoms with E-state index in [-0.39, 0.29) is 0 Å². The molecule has 0 spiro atoms. The highest BCUT2D eigenvalue weighted by molar-refractivity contribution is 9.10. The molecule has 0 aliphatic heterocycles. The lowest BCUT2D eigenvalue weighted by Gasteiger charge is -2.11. The molecule has 0 radical (unpaired) electrons. The van der Waals surface area contributed by atoms with Crippen molar-refractivity contribution in [1.82, 2.24) is 9.78 Å². The summed E-state index contributed by atoms with van der Waals surface area (Å²) in [5.41, 5.74) is 8.59. The lowest BCUT2D eigenvalue weighted by atomic mass is 10.2. The molecule has 0 atom stereocenters. The fourth-order valence-electron chi connectivity index (χ4n) is 1.65. The van der Waals surface area contributed by atoms with Crippen molar-refractivity contribution in [3.63, 3.8) is 0 Å². The van der Waals surface area contributed by atoms with E-state index in [4.69, 9.17) is 10.5 Å². The lowest BCUT2D eigenvalue weighted by Crippen LogP contribution is -2.00. The van der Waals surface area contributed by atoms with Gasteiger partial charge in [-0.3, -0.25) is 4.68 Å². The molecular weight excluding hydrogens is 282 g/mol. The summed E-state index contributed by atoms with van der Waals surface area (Å²) >= 11 is 3.40. The molecule has 0 unspecified atom stereocenters. The van der Waals surface area contributed by atoms with E-state index in [2.05, 4.69) is 21.0 Å². The first-order valence-electron chi connectivity index (χ1n) is 5.22. The van der Waals surface area contributed by atoms with Crippen LogP contribution < -0.4 is 10.5 Å². The van der Waals surface area contributed by atoms with Gasteiger partial charge in [-0.25, -0.2) is 0 Å². The van der Waals surface area contributed by atoms with Crippen LogP contribution >= 0.6 is 15.9 Å². The molecular formula is C12H14BrN3O. The van der Waals surface area contributed by atoms with E-state index in [1.54, 1.807) is 10.9 Å². The highest BCUT2D eigenvalue weighted by Gasteiger charge is 2.07. The van der Waals surface area contributed by atoms with Gasteiger partial charge in [0.2, 0.25) is 0 Å². The molecule has 2 N–H and O–H groups in total. The molecule has 1 aromatic heterocycles. The van der Waals surface area contributed by atoms with Gasteiger partial charge in [-0.1, -0.05) is 15.9 Å². The fourth-order valence-corrected chi connectivity index (χ4v) is 2.24. The molecule has 17 heavy (non-hydrogen) atoms. The average molecular weight is 296 g/mol. The van der Waals surface area contributed by atoms with Gasteiger partial charge >= 0.3 is 0 Å². The predicted octanol–water partition coefficient (Wildman–Crippen LogP) is 2.65. The second-order valence-corrected chi connectivity index (χ2v) is 4.87. The van der Waals surface area contributed by atoms with Crippen LogP contribution in [0.25, 0.3) is 0 Å². The van der Waals surface area contributed by atoms with E-state index < -0.39 is 0 Å². The summed E-state index contributed by atoms with van der Waals surface area (Å²) in [6, 6.07) is 3.82. The van der Waals surface area contributed by atoms with Crippen LogP contribution in [-0.4, -0.2) is 9.78 Å². The van der Waals surface area contributed by atoms with Crippen molar-refractivity contribution in [3.8, 4) is 5.75 Å². The Morgan fingerprint density at radius 1 is 1.47 bits per heavy atom. The minimum Gasteiger partial charge on any atom is -0.486 e. The Balaban J connectivity index is 2.14. The van der Waals surface area contributed by atoms with Gasteiger partial charge in [-0.15, -0.1) is 0 Å².